The van der Waals surface area contributed by atoms with Gasteiger partial charge >= 0.3 is 0 Å². The van der Waals surface area contributed by atoms with E-state index < -0.39 is 34.2 Å². The van der Waals surface area contributed by atoms with Gasteiger partial charge in [-0.2, -0.15) is 0 Å². The highest BCUT2D eigenvalue weighted by Crippen LogP contribution is 2.41. The first-order chi connectivity index (χ1) is 8.61. The Bertz CT molecular complexity index is 388. The van der Waals surface area contributed by atoms with Gasteiger partial charge in [-0.15, -0.1) is 0 Å². The van der Waals surface area contributed by atoms with Crippen molar-refractivity contribution in [2.45, 2.75) is 54.1 Å². The fourth-order valence-corrected chi connectivity index (χ4v) is 3.62. The van der Waals surface area contributed by atoms with Gasteiger partial charge in [-0.25, -0.2) is 0 Å². The summed E-state index contributed by atoms with van der Waals surface area (Å²) in [4.78, 5) is 23.9. The van der Waals surface area contributed by atoms with Crippen molar-refractivity contribution in [3.8, 4) is 0 Å². The van der Waals surface area contributed by atoms with Crippen LogP contribution < -0.4 is 5.73 Å². The van der Waals surface area contributed by atoms with Gasteiger partial charge in [0.05, 0.1) is 6.10 Å². The molecule has 20 heavy (non-hydrogen) atoms. The molecule has 4 nitrogen and oxygen atoms in total. The van der Waals surface area contributed by atoms with Crippen molar-refractivity contribution in [3.63, 3.8) is 0 Å². The summed E-state index contributed by atoms with van der Waals surface area (Å²) in [5.41, 5.74) is 5.38. The molecule has 0 spiro atoms. The van der Waals surface area contributed by atoms with Crippen LogP contribution in [0.5, 0.6) is 0 Å². The first kappa shape index (κ1) is 20.8. The molecule has 0 bridgehead atoms. The minimum Gasteiger partial charge on any atom is -0.413 e. The van der Waals surface area contributed by atoms with E-state index in [9.17, 15) is 9.59 Å². The maximum Gasteiger partial charge on any atom is 0.230 e. The van der Waals surface area contributed by atoms with E-state index in [0.29, 0.717) is 0 Å². The van der Waals surface area contributed by atoms with E-state index in [1.54, 1.807) is 6.92 Å². The summed E-state index contributed by atoms with van der Waals surface area (Å²) in [7, 11) is -2.09. The molecule has 0 heterocycles. The number of carbonyl (C=O) groups is 2. The summed E-state index contributed by atoms with van der Waals surface area (Å²) < 4.78 is 4.93. The molecule has 0 saturated heterocycles. The fourth-order valence-electron chi connectivity index (χ4n) is 1.46. The summed E-state index contributed by atoms with van der Waals surface area (Å²) in [5.74, 6) is -2.12. The SMILES string of the molecule is C[C@@H](O[Si](C)(C)C(C)(C)C)[C@@H](C(N)=O)C(=O)C(Br)(Br)Br. The summed E-state index contributed by atoms with van der Waals surface area (Å²) >= 11 is 9.40. The zero-order valence-electron chi connectivity index (χ0n) is 12.6. The summed E-state index contributed by atoms with van der Waals surface area (Å²) in [5, 5.41) is -0.0131. The van der Waals surface area contributed by atoms with Crippen LogP contribution in [-0.4, -0.2) is 28.3 Å². The van der Waals surface area contributed by atoms with Gasteiger partial charge in [0.25, 0.3) is 0 Å². The Morgan fingerprint density at radius 3 is 1.80 bits per heavy atom. The zero-order valence-corrected chi connectivity index (χ0v) is 18.3. The third kappa shape index (κ3) is 5.51. The van der Waals surface area contributed by atoms with Gasteiger partial charge in [0, 0.05) is 0 Å². The van der Waals surface area contributed by atoms with Gasteiger partial charge in [0.2, 0.25) is 5.91 Å². The molecule has 0 aliphatic heterocycles. The molecule has 2 N–H and O–H groups in total. The number of Topliss-reactive ketones (excluding diaryl/α,β-unsaturated/α-hetero) is 1. The van der Waals surface area contributed by atoms with Crippen LogP contribution in [0.25, 0.3) is 0 Å². The molecule has 0 unspecified atom stereocenters. The maximum absolute atomic E-state index is 12.3. The second kappa shape index (κ2) is 6.89. The van der Waals surface area contributed by atoms with Crippen LogP contribution in [0.15, 0.2) is 0 Å². The molecule has 0 fully saturated rings. The lowest BCUT2D eigenvalue weighted by atomic mass is 9.99. The van der Waals surface area contributed by atoms with Gasteiger partial charge in [-0.1, -0.05) is 68.6 Å². The molecule has 8 heteroatoms. The molecule has 0 aromatic heterocycles. The molecule has 0 rings (SSSR count). The smallest absolute Gasteiger partial charge is 0.230 e. The molecular weight excluding hydrogens is 474 g/mol. The van der Waals surface area contributed by atoms with Crippen LogP contribution in [0, 0.1) is 5.92 Å². The Morgan fingerprint density at radius 2 is 1.55 bits per heavy atom. The Hall–Kier alpha value is 0.757. The summed E-state index contributed by atoms with van der Waals surface area (Å²) in [6, 6.07) is 0. The van der Waals surface area contributed by atoms with Gasteiger partial charge in [0.1, 0.15) is 5.92 Å². The quantitative estimate of drug-likeness (QED) is 0.357. The Morgan fingerprint density at radius 1 is 1.15 bits per heavy atom. The lowest BCUT2D eigenvalue weighted by molar-refractivity contribution is -0.134. The number of nitrogens with two attached hydrogens (primary N) is 1. The lowest BCUT2D eigenvalue weighted by Crippen LogP contribution is -2.50. The second-order valence-electron chi connectivity index (χ2n) is 6.33. The summed E-state index contributed by atoms with van der Waals surface area (Å²) in [6.45, 7) is 12.1. The average Bonchev–Trinajstić information content (AvgIpc) is 2.12. The number of carbonyl (C=O) groups excluding carboxylic acids is 2. The molecule has 0 aliphatic carbocycles. The average molecular weight is 496 g/mol. The topological polar surface area (TPSA) is 69.4 Å². The van der Waals surface area contributed by atoms with Gasteiger partial charge in [-0.05, 0) is 25.1 Å². The number of alkyl halides is 3. The van der Waals surface area contributed by atoms with Gasteiger partial charge < -0.3 is 10.2 Å². The highest BCUT2D eigenvalue weighted by atomic mass is 80.0. The van der Waals surface area contributed by atoms with Crippen LogP contribution in [0.4, 0.5) is 0 Å². The number of amides is 1. The van der Waals surface area contributed by atoms with Crippen molar-refractivity contribution in [3.05, 3.63) is 0 Å². The Balaban J connectivity index is 5.27. The van der Waals surface area contributed by atoms with E-state index in [1.807, 2.05) is 0 Å². The Labute approximate surface area is 147 Å². The van der Waals surface area contributed by atoms with Crippen LogP contribution in [0.1, 0.15) is 27.7 Å². The molecule has 1 amide bonds. The maximum atomic E-state index is 12.3. The van der Waals surface area contributed by atoms with E-state index >= 15 is 0 Å². The molecule has 0 saturated carbocycles. The molecule has 118 valence electrons. The second-order valence-corrected chi connectivity index (χ2v) is 17.8. The minimum atomic E-state index is -2.09. The van der Waals surface area contributed by atoms with Crippen LogP contribution >= 0.6 is 47.8 Å². The van der Waals surface area contributed by atoms with E-state index in [1.165, 1.54) is 0 Å². The number of hydrogen-bond acceptors (Lipinski definition) is 3. The highest BCUT2D eigenvalue weighted by Gasteiger charge is 2.45. The first-order valence-corrected chi connectivity index (χ1v) is 11.5. The van der Waals surface area contributed by atoms with Crippen molar-refractivity contribution >= 4 is 67.8 Å². The molecule has 0 aliphatic rings. The number of primary amides is 1. The molecular formula is C12H22Br3NO3Si. The normalized spacial score (nSPS) is 16.6. The van der Waals surface area contributed by atoms with E-state index in [4.69, 9.17) is 10.2 Å². The monoisotopic (exact) mass is 493 g/mol. The van der Waals surface area contributed by atoms with Crippen molar-refractivity contribution in [2.24, 2.45) is 11.7 Å². The lowest BCUT2D eigenvalue weighted by Gasteiger charge is -2.40. The Kier molecular flexibility index (Phi) is 7.15. The van der Waals surface area contributed by atoms with Crippen LogP contribution in [0.3, 0.4) is 0 Å². The molecule has 2 atom stereocenters. The third-order valence-corrected chi connectivity index (χ3v) is 9.37. The first-order valence-electron chi connectivity index (χ1n) is 6.19. The predicted octanol–water partition coefficient (Wildman–Crippen LogP) is 3.91. The van der Waals surface area contributed by atoms with Crippen LogP contribution in [-0.2, 0) is 14.0 Å². The van der Waals surface area contributed by atoms with Gasteiger partial charge in [-0.3, -0.25) is 9.59 Å². The van der Waals surface area contributed by atoms with E-state index in [2.05, 4.69) is 81.7 Å². The van der Waals surface area contributed by atoms with Crippen molar-refractivity contribution in [2.75, 3.05) is 0 Å². The largest absolute Gasteiger partial charge is 0.413 e. The van der Waals surface area contributed by atoms with E-state index in [-0.39, 0.29) is 5.04 Å². The highest BCUT2D eigenvalue weighted by molar-refractivity contribution is 9.40. The molecule has 0 radical (unpaired) electrons. The summed E-state index contributed by atoms with van der Waals surface area (Å²) in [6.07, 6.45) is -0.576. The predicted molar refractivity (Wildman–Crippen MR) is 94.9 cm³/mol. The number of hydrogen-bond donors (Lipinski definition) is 1. The minimum absolute atomic E-state index is 0.0131. The van der Waals surface area contributed by atoms with Gasteiger partial charge in [0.15, 0.2) is 16.2 Å². The number of rotatable bonds is 5. The van der Waals surface area contributed by atoms with E-state index in [0.717, 1.165) is 0 Å². The molecule has 0 aromatic rings. The zero-order chi connectivity index (χ0) is 16.5. The fraction of sp³-hybridized carbons (Fsp3) is 0.833. The molecule has 0 aromatic carbocycles. The van der Waals surface area contributed by atoms with Crippen molar-refractivity contribution in [1.82, 2.24) is 0 Å². The third-order valence-electron chi connectivity index (χ3n) is 3.62. The number of ketones is 1. The van der Waals surface area contributed by atoms with Crippen molar-refractivity contribution in [1.29, 1.82) is 0 Å². The number of halogens is 3. The van der Waals surface area contributed by atoms with Crippen molar-refractivity contribution < 1.29 is 14.0 Å². The standard InChI is InChI=1S/C12H22Br3NO3Si/c1-7(19-20(5,6)11(2,3)4)8(10(16)18)9(17)12(13,14)15/h7-8H,1-6H3,(H2,16,18)/t7-,8-/m1/s1. The van der Waals surface area contributed by atoms with Crippen LogP contribution in [0.2, 0.25) is 18.1 Å².